The van der Waals surface area contributed by atoms with E-state index in [0.29, 0.717) is 0 Å². The van der Waals surface area contributed by atoms with Crippen molar-refractivity contribution in [1.82, 2.24) is 19.9 Å². The van der Waals surface area contributed by atoms with Crippen LogP contribution < -0.4 is 5.46 Å². The third-order valence-corrected chi connectivity index (χ3v) is 4.78. The number of fused-ring (bicyclic) bond motifs is 1. The zero-order valence-electron chi connectivity index (χ0n) is 17.3. The molecule has 0 aliphatic heterocycles. The van der Waals surface area contributed by atoms with Gasteiger partial charge < -0.3 is 14.3 Å². The quantitative estimate of drug-likeness (QED) is 0.385. The van der Waals surface area contributed by atoms with E-state index in [1.165, 1.54) is 5.56 Å². The van der Waals surface area contributed by atoms with Gasteiger partial charge in [0, 0.05) is 17.0 Å². The first-order valence-corrected chi connectivity index (χ1v) is 10.3. The summed E-state index contributed by atoms with van der Waals surface area (Å²) in [5.74, 6) is 0.796. The lowest BCUT2D eigenvalue weighted by atomic mass is 9.76. The molecular weight excluding hydrogens is 371 g/mol. The summed E-state index contributed by atoms with van der Waals surface area (Å²) >= 11 is 1.65. The zero-order chi connectivity index (χ0) is 20.4. The molecule has 0 aliphatic rings. The van der Waals surface area contributed by atoms with Gasteiger partial charge in [-0.3, -0.25) is 0 Å². The lowest BCUT2D eigenvalue weighted by Gasteiger charge is -2.30. The maximum atomic E-state index is 6.15. The van der Waals surface area contributed by atoms with Crippen molar-refractivity contribution >= 4 is 35.5 Å². The van der Waals surface area contributed by atoms with Crippen LogP contribution in [0.15, 0.2) is 41.9 Å². The van der Waals surface area contributed by atoms with Crippen LogP contribution >= 0.6 is 11.8 Å². The summed E-state index contributed by atoms with van der Waals surface area (Å²) in [4.78, 5) is 15.8. The number of thioether (sulfide) groups is 1. The van der Waals surface area contributed by atoms with E-state index in [1.54, 1.807) is 24.4 Å². The molecule has 28 heavy (non-hydrogen) atoms. The van der Waals surface area contributed by atoms with Crippen molar-refractivity contribution in [2.45, 2.75) is 63.5 Å². The first-order valence-electron chi connectivity index (χ1n) is 9.32. The fourth-order valence-corrected chi connectivity index (χ4v) is 3.48. The lowest BCUT2D eigenvalue weighted by molar-refractivity contribution is 0.0408. The molecule has 1 N–H and O–H groups in total. The molecule has 3 rings (SSSR count). The topological polar surface area (TPSA) is 72.9 Å². The Bertz CT molecular complexity index is 900. The fourth-order valence-electron chi connectivity index (χ4n) is 2.57. The Balaban J connectivity index is 1.71. The van der Waals surface area contributed by atoms with Crippen LogP contribution in [0.25, 0.3) is 11.2 Å². The number of H-pyrrole nitrogens is 1. The zero-order valence-corrected chi connectivity index (χ0v) is 18.1. The van der Waals surface area contributed by atoms with Crippen LogP contribution in [0, 0.1) is 0 Å². The third-order valence-electron chi connectivity index (χ3n) is 3.73. The van der Waals surface area contributed by atoms with Gasteiger partial charge in [0.05, 0.1) is 6.33 Å². The molecule has 6 nitrogen and oxygen atoms in total. The summed E-state index contributed by atoms with van der Waals surface area (Å²) in [7, 11) is -0.410. The molecule has 2 aromatic heterocycles. The Morgan fingerprint density at radius 1 is 0.929 bits per heavy atom. The summed E-state index contributed by atoms with van der Waals surface area (Å²) in [6.45, 7) is 12.2. The molecule has 0 saturated carbocycles. The minimum Gasteiger partial charge on any atom is -0.403 e. The van der Waals surface area contributed by atoms with E-state index < -0.39 is 7.12 Å². The van der Waals surface area contributed by atoms with Gasteiger partial charge in [0.1, 0.15) is 16.9 Å². The van der Waals surface area contributed by atoms with Crippen molar-refractivity contribution in [3.63, 3.8) is 0 Å². The predicted molar refractivity (Wildman–Crippen MR) is 115 cm³/mol. The number of rotatable bonds is 6. The predicted octanol–water partition coefficient (Wildman–Crippen LogP) is 3.97. The van der Waals surface area contributed by atoms with Crippen LogP contribution in [-0.2, 0) is 15.1 Å². The molecular formula is C20H27BN4O2S. The second-order valence-electron chi connectivity index (χ2n) is 8.60. The number of aromatic nitrogens is 4. The summed E-state index contributed by atoms with van der Waals surface area (Å²) in [5, 5.41) is 0.875. The van der Waals surface area contributed by atoms with Crippen LogP contribution in [-0.4, -0.2) is 38.3 Å². The second kappa shape index (κ2) is 8.23. The highest BCUT2D eigenvalue weighted by Gasteiger charge is 2.31. The van der Waals surface area contributed by atoms with Gasteiger partial charge in [-0.25, -0.2) is 15.0 Å². The Hall–Kier alpha value is -1.90. The smallest absolute Gasteiger partial charge is 0.403 e. The summed E-state index contributed by atoms with van der Waals surface area (Å²) < 4.78 is 12.3. The van der Waals surface area contributed by atoms with Gasteiger partial charge in [-0.15, -0.1) is 0 Å². The molecule has 1 aromatic carbocycles. The molecule has 0 amide bonds. The molecule has 0 aliphatic carbocycles. The Labute approximate surface area is 171 Å². The van der Waals surface area contributed by atoms with E-state index in [9.17, 15) is 0 Å². The highest BCUT2D eigenvalue weighted by Crippen LogP contribution is 2.25. The van der Waals surface area contributed by atoms with Crippen LogP contribution in [0.2, 0.25) is 0 Å². The highest BCUT2D eigenvalue weighted by atomic mass is 32.2. The molecule has 8 heteroatoms. The lowest BCUT2D eigenvalue weighted by Crippen LogP contribution is -2.46. The first-order chi connectivity index (χ1) is 13.1. The number of imidazole rings is 1. The van der Waals surface area contributed by atoms with Gasteiger partial charge in [0.15, 0.2) is 5.65 Å². The van der Waals surface area contributed by atoms with Gasteiger partial charge >= 0.3 is 7.12 Å². The van der Waals surface area contributed by atoms with E-state index in [-0.39, 0.29) is 11.2 Å². The van der Waals surface area contributed by atoms with Crippen molar-refractivity contribution in [3.05, 3.63) is 42.5 Å². The Morgan fingerprint density at radius 3 is 2.18 bits per heavy atom. The number of nitrogens with zero attached hydrogens (tertiary/aromatic N) is 3. The number of hydrogen-bond acceptors (Lipinski definition) is 6. The maximum absolute atomic E-state index is 6.15. The first kappa shape index (κ1) is 20.8. The van der Waals surface area contributed by atoms with Crippen LogP contribution in [0.5, 0.6) is 0 Å². The average molecular weight is 398 g/mol. The normalized spacial score (nSPS) is 12.5. The van der Waals surface area contributed by atoms with Crippen molar-refractivity contribution in [2.75, 3.05) is 0 Å². The summed E-state index contributed by atoms with van der Waals surface area (Å²) in [6.07, 6.45) is 3.20. The molecule has 0 radical (unpaired) electrons. The Morgan fingerprint density at radius 2 is 1.57 bits per heavy atom. The van der Waals surface area contributed by atoms with Crippen molar-refractivity contribution in [3.8, 4) is 0 Å². The van der Waals surface area contributed by atoms with E-state index in [4.69, 9.17) is 9.31 Å². The number of aromatic amines is 1. The van der Waals surface area contributed by atoms with E-state index in [1.807, 2.05) is 41.5 Å². The molecule has 3 aromatic rings. The standard InChI is InChI=1S/C20H27BN4O2S/c1-19(2,3)26-21(27-20(4,5)6)15-9-7-14(8-10-15)11-28-18-16-17(23-12-22-16)24-13-25-18/h7-10,12-13H,11H2,1-6H3,(H,22,23,24,25). The molecule has 0 unspecified atom stereocenters. The molecule has 0 bridgehead atoms. The van der Waals surface area contributed by atoms with Crippen LogP contribution in [0.4, 0.5) is 0 Å². The number of benzene rings is 1. The van der Waals surface area contributed by atoms with Gasteiger partial charge in [-0.1, -0.05) is 36.0 Å². The SMILES string of the molecule is CC(C)(C)OB(OC(C)(C)C)c1ccc(CSc2ncnc3[nH]cnc23)cc1. The van der Waals surface area contributed by atoms with Crippen molar-refractivity contribution < 1.29 is 9.31 Å². The van der Waals surface area contributed by atoms with Gasteiger partial charge in [0.25, 0.3) is 0 Å². The minimum absolute atomic E-state index is 0.299. The maximum Gasteiger partial charge on any atom is 0.494 e. The average Bonchev–Trinajstić information content (AvgIpc) is 3.06. The van der Waals surface area contributed by atoms with Gasteiger partial charge in [-0.05, 0) is 52.6 Å². The van der Waals surface area contributed by atoms with E-state index >= 15 is 0 Å². The van der Waals surface area contributed by atoms with Crippen LogP contribution in [0.1, 0.15) is 47.1 Å². The number of hydrogen-bond donors (Lipinski definition) is 1. The molecule has 148 valence electrons. The van der Waals surface area contributed by atoms with E-state index in [0.717, 1.165) is 27.4 Å². The van der Waals surface area contributed by atoms with Crippen molar-refractivity contribution in [1.29, 1.82) is 0 Å². The Kier molecular flexibility index (Phi) is 6.12. The second-order valence-corrected chi connectivity index (χ2v) is 9.57. The van der Waals surface area contributed by atoms with Crippen LogP contribution in [0.3, 0.4) is 0 Å². The highest BCUT2D eigenvalue weighted by molar-refractivity contribution is 7.98. The molecule has 0 spiro atoms. The van der Waals surface area contributed by atoms with Gasteiger partial charge in [0.2, 0.25) is 0 Å². The fraction of sp³-hybridized carbons (Fsp3) is 0.450. The summed E-state index contributed by atoms with van der Waals surface area (Å²) in [5.41, 5.74) is 3.17. The minimum atomic E-state index is -0.410. The molecule has 0 atom stereocenters. The number of nitrogens with one attached hydrogen (secondary N) is 1. The largest absolute Gasteiger partial charge is 0.494 e. The summed E-state index contributed by atoms with van der Waals surface area (Å²) in [6, 6.07) is 8.36. The third kappa shape index (κ3) is 5.80. The van der Waals surface area contributed by atoms with E-state index in [2.05, 4.69) is 44.2 Å². The monoisotopic (exact) mass is 398 g/mol. The molecule has 0 fully saturated rings. The molecule has 2 heterocycles. The van der Waals surface area contributed by atoms with Crippen molar-refractivity contribution in [2.24, 2.45) is 0 Å². The van der Waals surface area contributed by atoms with Gasteiger partial charge in [-0.2, -0.15) is 0 Å². The molecule has 0 saturated heterocycles.